The Labute approximate surface area is 195 Å². The molecule has 7 nitrogen and oxygen atoms in total. The van der Waals surface area contributed by atoms with E-state index in [-0.39, 0.29) is 17.1 Å². The Morgan fingerprint density at radius 2 is 1.74 bits per heavy atom. The van der Waals surface area contributed by atoms with Gasteiger partial charge in [-0.15, -0.1) is 0 Å². The molecule has 0 amide bonds. The molecule has 0 aliphatic carbocycles. The number of aromatic nitrogens is 4. The van der Waals surface area contributed by atoms with E-state index in [0.29, 0.717) is 32.5 Å². The number of Topliss-reactive ketones (excluding diaryl/α,β-unsaturated/α-hetero) is 1. The molecule has 0 radical (unpaired) electrons. The van der Waals surface area contributed by atoms with E-state index in [1.165, 1.54) is 45.1 Å². The number of rotatable bonds is 8. The lowest BCUT2D eigenvalue weighted by Gasteiger charge is -2.16. The molecule has 0 bridgehead atoms. The molecule has 4 aromatic rings. The monoisotopic (exact) mass is 494 g/mol. The topological polar surface area (TPSA) is 71.2 Å². The Bertz CT molecular complexity index is 1350. The van der Waals surface area contributed by atoms with E-state index in [1.807, 2.05) is 0 Å². The number of benzene rings is 2. The number of ketones is 1. The van der Waals surface area contributed by atoms with Crippen molar-refractivity contribution in [3.8, 4) is 28.3 Å². The Morgan fingerprint density at radius 1 is 1.06 bits per heavy atom. The average Bonchev–Trinajstić information content (AvgIpc) is 3.48. The molecule has 0 spiro atoms. The SMILES string of the molecule is COc1cc(-n2cnc3cc(-c4cnn(C(F)F)c4)ccc32)cc(OC)c1C(=O)CCC(F)(F)F. The minimum absolute atomic E-state index is 0.0596. The Hall–Kier alpha value is -3.96. The number of imidazole rings is 1. The summed E-state index contributed by atoms with van der Waals surface area (Å²) in [4.78, 5) is 16.9. The highest BCUT2D eigenvalue weighted by molar-refractivity contribution is 6.02. The van der Waals surface area contributed by atoms with E-state index in [0.717, 1.165) is 0 Å². The van der Waals surface area contributed by atoms with Crippen molar-refractivity contribution < 1.29 is 36.2 Å². The van der Waals surface area contributed by atoms with Gasteiger partial charge in [-0.1, -0.05) is 6.07 Å². The molecule has 0 N–H and O–H groups in total. The molecule has 2 aromatic heterocycles. The quantitative estimate of drug-likeness (QED) is 0.228. The van der Waals surface area contributed by atoms with Gasteiger partial charge in [0.25, 0.3) is 0 Å². The lowest BCUT2D eigenvalue weighted by molar-refractivity contribution is -0.133. The highest BCUT2D eigenvalue weighted by Crippen LogP contribution is 2.36. The van der Waals surface area contributed by atoms with E-state index < -0.39 is 31.4 Å². The molecule has 2 heterocycles. The lowest BCUT2D eigenvalue weighted by atomic mass is 10.0. The summed E-state index contributed by atoms with van der Waals surface area (Å²) in [5.41, 5.74) is 2.74. The predicted octanol–water partition coefficient (Wildman–Crippen LogP) is 5.83. The molecule has 0 saturated heterocycles. The molecular formula is C23H19F5N4O3. The molecule has 0 saturated carbocycles. The van der Waals surface area contributed by atoms with Gasteiger partial charge in [-0.3, -0.25) is 9.36 Å². The lowest BCUT2D eigenvalue weighted by Crippen LogP contribution is -2.13. The third-order valence-electron chi connectivity index (χ3n) is 5.37. The van der Waals surface area contributed by atoms with E-state index in [4.69, 9.17) is 9.47 Å². The predicted molar refractivity (Wildman–Crippen MR) is 116 cm³/mol. The van der Waals surface area contributed by atoms with Gasteiger partial charge in [-0.2, -0.15) is 27.1 Å². The molecular weight excluding hydrogens is 475 g/mol. The van der Waals surface area contributed by atoms with Crippen molar-refractivity contribution in [2.45, 2.75) is 25.6 Å². The molecule has 0 aliphatic heterocycles. The summed E-state index contributed by atoms with van der Waals surface area (Å²) in [6.07, 6.45) is -2.40. The van der Waals surface area contributed by atoms with Gasteiger partial charge >= 0.3 is 12.7 Å². The Kier molecular flexibility index (Phi) is 6.46. The third kappa shape index (κ3) is 4.96. The molecule has 4 rings (SSSR count). The van der Waals surface area contributed by atoms with Crippen molar-refractivity contribution in [1.29, 1.82) is 0 Å². The Balaban J connectivity index is 1.71. The second kappa shape index (κ2) is 9.35. The van der Waals surface area contributed by atoms with Crippen LogP contribution in [0.5, 0.6) is 11.5 Å². The number of hydrogen-bond donors (Lipinski definition) is 0. The number of ether oxygens (including phenoxy) is 2. The first-order valence-electron chi connectivity index (χ1n) is 10.3. The van der Waals surface area contributed by atoms with E-state index >= 15 is 0 Å². The Morgan fingerprint density at radius 3 is 2.31 bits per heavy atom. The molecule has 0 fully saturated rings. The second-order valence-corrected chi connectivity index (χ2v) is 7.57. The first kappa shape index (κ1) is 24.2. The highest BCUT2D eigenvalue weighted by atomic mass is 19.4. The van der Waals surface area contributed by atoms with Crippen LogP contribution in [0.3, 0.4) is 0 Å². The molecule has 35 heavy (non-hydrogen) atoms. The van der Waals surface area contributed by atoms with E-state index in [2.05, 4.69) is 10.1 Å². The maximum Gasteiger partial charge on any atom is 0.389 e. The van der Waals surface area contributed by atoms with Crippen LogP contribution in [-0.4, -0.2) is 45.5 Å². The van der Waals surface area contributed by atoms with Crippen molar-refractivity contribution in [2.75, 3.05) is 14.2 Å². The van der Waals surface area contributed by atoms with Crippen LogP contribution in [0, 0.1) is 0 Å². The number of methoxy groups -OCH3 is 2. The van der Waals surface area contributed by atoms with Crippen LogP contribution < -0.4 is 9.47 Å². The first-order chi connectivity index (χ1) is 16.6. The van der Waals surface area contributed by atoms with Crippen LogP contribution in [0.2, 0.25) is 0 Å². The number of nitrogens with zero attached hydrogens (tertiary/aromatic N) is 4. The first-order valence-corrected chi connectivity index (χ1v) is 10.3. The van der Waals surface area contributed by atoms with Gasteiger partial charge < -0.3 is 9.47 Å². The maximum absolute atomic E-state index is 12.8. The molecule has 0 unspecified atom stereocenters. The van der Waals surface area contributed by atoms with E-state index in [1.54, 1.807) is 22.8 Å². The van der Waals surface area contributed by atoms with Crippen molar-refractivity contribution in [3.05, 3.63) is 54.6 Å². The molecule has 2 aromatic carbocycles. The number of carbonyl (C=O) groups excluding carboxylic acids is 1. The summed E-state index contributed by atoms with van der Waals surface area (Å²) >= 11 is 0. The molecule has 12 heteroatoms. The van der Waals surface area contributed by atoms with Crippen LogP contribution in [-0.2, 0) is 0 Å². The standard InChI is InChI=1S/C23H19F5N4O3/c1-34-19-8-15(9-20(35-2)21(19)18(33)5-6-23(26,27)28)31-12-29-16-7-13(3-4-17(16)31)14-10-30-32(11-14)22(24)25/h3-4,7-12,22H,5-6H2,1-2H3. The zero-order chi connectivity index (χ0) is 25.3. The summed E-state index contributed by atoms with van der Waals surface area (Å²) in [6.45, 7) is -2.75. The summed E-state index contributed by atoms with van der Waals surface area (Å²) in [5.74, 6) is -0.638. The largest absolute Gasteiger partial charge is 0.496 e. The zero-order valence-electron chi connectivity index (χ0n) is 18.5. The summed E-state index contributed by atoms with van der Waals surface area (Å²) in [5, 5.41) is 3.64. The van der Waals surface area contributed by atoms with Crippen LogP contribution in [0.1, 0.15) is 29.7 Å². The van der Waals surface area contributed by atoms with Crippen molar-refractivity contribution >= 4 is 16.8 Å². The fourth-order valence-electron chi connectivity index (χ4n) is 3.68. The van der Waals surface area contributed by atoms with Crippen LogP contribution in [0.4, 0.5) is 22.0 Å². The normalized spacial score (nSPS) is 11.9. The van der Waals surface area contributed by atoms with Gasteiger partial charge in [0.15, 0.2) is 5.78 Å². The highest BCUT2D eigenvalue weighted by Gasteiger charge is 2.30. The summed E-state index contributed by atoms with van der Waals surface area (Å²) in [6, 6.07) is 8.17. The van der Waals surface area contributed by atoms with Gasteiger partial charge in [0.05, 0.1) is 43.6 Å². The van der Waals surface area contributed by atoms with Crippen LogP contribution >= 0.6 is 0 Å². The minimum Gasteiger partial charge on any atom is -0.496 e. The van der Waals surface area contributed by atoms with Gasteiger partial charge in [0, 0.05) is 30.3 Å². The van der Waals surface area contributed by atoms with Crippen molar-refractivity contribution in [2.24, 2.45) is 0 Å². The van der Waals surface area contributed by atoms with Crippen LogP contribution in [0.15, 0.2) is 49.1 Å². The average molecular weight is 494 g/mol. The molecule has 184 valence electrons. The minimum atomic E-state index is -4.47. The van der Waals surface area contributed by atoms with E-state index in [9.17, 15) is 26.7 Å². The van der Waals surface area contributed by atoms with Gasteiger partial charge in [-0.05, 0) is 17.7 Å². The maximum atomic E-state index is 12.8. The van der Waals surface area contributed by atoms with Gasteiger partial charge in [0.1, 0.15) is 23.4 Å². The molecule has 0 atom stereocenters. The zero-order valence-corrected chi connectivity index (χ0v) is 18.5. The van der Waals surface area contributed by atoms with Gasteiger partial charge in [0.2, 0.25) is 0 Å². The van der Waals surface area contributed by atoms with Crippen molar-refractivity contribution in [1.82, 2.24) is 19.3 Å². The number of carbonyl (C=O) groups is 1. The second-order valence-electron chi connectivity index (χ2n) is 7.57. The number of fused-ring (bicyclic) bond motifs is 1. The fourth-order valence-corrected chi connectivity index (χ4v) is 3.68. The van der Waals surface area contributed by atoms with Gasteiger partial charge in [-0.25, -0.2) is 9.67 Å². The number of halogens is 5. The smallest absolute Gasteiger partial charge is 0.389 e. The number of hydrogen-bond acceptors (Lipinski definition) is 5. The van der Waals surface area contributed by atoms with Crippen molar-refractivity contribution in [3.63, 3.8) is 0 Å². The number of alkyl halides is 5. The summed E-state index contributed by atoms with van der Waals surface area (Å²) in [7, 11) is 2.61. The summed E-state index contributed by atoms with van der Waals surface area (Å²) < 4.78 is 76.3. The third-order valence-corrected chi connectivity index (χ3v) is 5.37. The fraction of sp³-hybridized carbons (Fsp3) is 0.261. The van der Waals surface area contributed by atoms with Crippen LogP contribution in [0.25, 0.3) is 27.8 Å². The molecule has 0 aliphatic rings.